The first-order valence-electron chi connectivity index (χ1n) is 7.29. The zero-order valence-electron chi connectivity index (χ0n) is 12.9. The van der Waals surface area contributed by atoms with E-state index in [4.69, 9.17) is 4.42 Å². The summed E-state index contributed by atoms with van der Waals surface area (Å²) in [5.74, 6) is 0.357. The van der Waals surface area contributed by atoms with Crippen LogP contribution >= 0.6 is 0 Å². The van der Waals surface area contributed by atoms with E-state index in [1.165, 1.54) is 0 Å². The lowest BCUT2D eigenvalue weighted by Crippen LogP contribution is -2.35. The number of carbonyl (C=O) groups is 1. The number of amides is 1. The summed E-state index contributed by atoms with van der Waals surface area (Å²) in [6, 6.07) is 11.0. The fourth-order valence-corrected chi connectivity index (χ4v) is 2.13. The average Bonchev–Trinajstić information content (AvgIpc) is 3.08. The van der Waals surface area contributed by atoms with Crippen molar-refractivity contribution in [3.05, 3.63) is 60.6 Å². The topological polar surface area (TPSA) is 57.5 Å². The average molecular weight is 299 g/mol. The summed E-state index contributed by atoms with van der Waals surface area (Å²) >= 11 is 0. The molecule has 0 atom stereocenters. The van der Waals surface area contributed by atoms with Crippen LogP contribution in [0.15, 0.2) is 53.7 Å². The molecule has 5 nitrogen and oxygen atoms in total. The van der Waals surface area contributed by atoms with Gasteiger partial charge in [-0.1, -0.05) is 6.58 Å². The van der Waals surface area contributed by atoms with Crippen molar-refractivity contribution in [3.8, 4) is 0 Å². The largest absolute Gasteiger partial charge is 0.463 e. The van der Waals surface area contributed by atoms with Crippen molar-refractivity contribution < 1.29 is 9.21 Å². The molecule has 1 aromatic heterocycles. The predicted molar refractivity (Wildman–Crippen MR) is 88.3 cm³/mol. The van der Waals surface area contributed by atoms with Gasteiger partial charge in [0.25, 0.3) is 5.91 Å². The second kappa shape index (κ2) is 7.36. The minimum absolute atomic E-state index is 0.223. The summed E-state index contributed by atoms with van der Waals surface area (Å²) in [6.07, 6.45) is 1.55. The van der Waals surface area contributed by atoms with Crippen LogP contribution in [-0.2, 0) is 0 Å². The van der Waals surface area contributed by atoms with Crippen molar-refractivity contribution in [2.75, 3.05) is 18.0 Å². The van der Waals surface area contributed by atoms with E-state index in [-0.39, 0.29) is 5.91 Å². The van der Waals surface area contributed by atoms with E-state index in [0.717, 1.165) is 18.8 Å². The number of nitrogens with zero attached hydrogens (tertiary/aromatic N) is 1. The monoisotopic (exact) mass is 299 g/mol. The van der Waals surface area contributed by atoms with Gasteiger partial charge < -0.3 is 9.32 Å². The van der Waals surface area contributed by atoms with Crippen molar-refractivity contribution in [1.82, 2.24) is 10.9 Å². The fourth-order valence-electron chi connectivity index (χ4n) is 2.13. The number of carbonyl (C=O) groups excluding carboxylic acids is 1. The molecular formula is C17H21N3O2. The van der Waals surface area contributed by atoms with Gasteiger partial charge in [-0.15, -0.1) is 0 Å². The molecule has 0 fully saturated rings. The highest BCUT2D eigenvalue weighted by Gasteiger charge is 2.08. The molecule has 0 unspecified atom stereocenters. The number of benzene rings is 1. The summed E-state index contributed by atoms with van der Waals surface area (Å²) in [5, 5.41) is 0. The Labute approximate surface area is 130 Å². The summed E-state index contributed by atoms with van der Waals surface area (Å²) in [7, 11) is 0. The highest BCUT2D eigenvalue weighted by Crippen LogP contribution is 2.15. The molecule has 1 heterocycles. The smallest absolute Gasteiger partial charge is 0.269 e. The van der Waals surface area contributed by atoms with E-state index in [0.29, 0.717) is 17.0 Å². The zero-order valence-corrected chi connectivity index (χ0v) is 12.9. The van der Waals surface area contributed by atoms with Crippen LogP contribution in [0.25, 0.3) is 5.70 Å². The van der Waals surface area contributed by atoms with Crippen molar-refractivity contribution in [2.45, 2.75) is 13.8 Å². The van der Waals surface area contributed by atoms with Crippen LogP contribution < -0.4 is 15.8 Å². The number of hydrogen-bond donors (Lipinski definition) is 2. The number of furan rings is 1. The first kappa shape index (κ1) is 15.7. The molecule has 5 heteroatoms. The van der Waals surface area contributed by atoms with E-state index < -0.39 is 0 Å². The van der Waals surface area contributed by atoms with Gasteiger partial charge in [-0.05, 0) is 50.2 Å². The van der Waals surface area contributed by atoms with Crippen LogP contribution in [0, 0.1) is 0 Å². The van der Waals surface area contributed by atoms with Gasteiger partial charge in [0, 0.05) is 24.3 Å². The Hall–Kier alpha value is -2.69. The highest BCUT2D eigenvalue weighted by atomic mass is 16.3. The Morgan fingerprint density at radius 2 is 1.82 bits per heavy atom. The molecule has 1 amide bonds. The highest BCUT2D eigenvalue weighted by molar-refractivity contribution is 5.94. The molecule has 22 heavy (non-hydrogen) atoms. The molecule has 2 N–H and O–H groups in total. The summed E-state index contributed by atoms with van der Waals surface area (Å²) in [4.78, 5) is 14.3. The minimum atomic E-state index is -0.223. The molecule has 0 bridgehead atoms. The molecular weight excluding hydrogens is 278 g/mol. The minimum Gasteiger partial charge on any atom is -0.463 e. The molecule has 116 valence electrons. The lowest BCUT2D eigenvalue weighted by molar-refractivity contribution is 0.0942. The van der Waals surface area contributed by atoms with Gasteiger partial charge in [0.15, 0.2) is 5.76 Å². The lowest BCUT2D eigenvalue weighted by atomic mass is 10.2. The SMILES string of the molecule is C=C(NNC(=O)c1ccc(N(CC)CC)cc1)c1ccco1. The Bertz CT molecular complexity index is 614. The molecule has 2 rings (SSSR count). The summed E-state index contributed by atoms with van der Waals surface area (Å²) < 4.78 is 5.18. The number of anilines is 1. The Balaban J connectivity index is 1.94. The number of hydrazine groups is 1. The van der Waals surface area contributed by atoms with E-state index in [2.05, 4.69) is 36.2 Å². The van der Waals surface area contributed by atoms with E-state index in [9.17, 15) is 4.79 Å². The third kappa shape index (κ3) is 3.69. The van der Waals surface area contributed by atoms with Gasteiger partial charge in [-0.2, -0.15) is 0 Å². The zero-order chi connectivity index (χ0) is 15.9. The normalized spacial score (nSPS) is 10.1. The molecule has 0 saturated carbocycles. The molecule has 0 aliphatic carbocycles. The maximum absolute atomic E-state index is 12.1. The lowest BCUT2D eigenvalue weighted by Gasteiger charge is -2.21. The second-order valence-corrected chi connectivity index (χ2v) is 4.75. The Morgan fingerprint density at radius 1 is 1.14 bits per heavy atom. The van der Waals surface area contributed by atoms with Crippen LogP contribution in [0.5, 0.6) is 0 Å². The van der Waals surface area contributed by atoms with Crippen molar-refractivity contribution >= 4 is 17.3 Å². The van der Waals surface area contributed by atoms with Crippen LogP contribution in [-0.4, -0.2) is 19.0 Å². The van der Waals surface area contributed by atoms with Crippen molar-refractivity contribution in [3.63, 3.8) is 0 Å². The standard InChI is InChI=1S/C17H21N3O2/c1-4-20(5-2)15-10-8-14(9-11-15)17(21)19-18-13(3)16-7-6-12-22-16/h6-12,18H,3-5H2,1-2H3,(H,19,21). The first-order valence-corrected chi connectivity index (χ1v) is 7.29. The fraction of sp³-hybridized carbons (Fsp3) is 0.235. The van der Waals surface area contributed by atoms with Gasteiger partial charge in [0.05, 0.1) is 12.0 Å². The first-order chi connectivity index (χ1) is 10.7. The van der Waals surface area contributed by atoms with Gasteiger partial charge in [-0.25, -0.2) is 0 Å². The maximum Gasteiger partial charge on any atom is 0.269 e. The van der Waals surface area contributed by atoms with Crippen LogP contribution in [0.2, 0.25) is 0 Å². The number of nitrogens with one attached hydrogen (secondary N) is 2. The van der Waals surface area contributed by atoms with Crippen LogP contribution in [0.4, 0.5) is 5.69 Å². The van der Waals surface area contributed by atoms with Crippen molar-refractivity contribution in [2.24, 2.45) is 0 Å². The van der Waals surface area contributed by atoms with Gasteiger partial charge in [0.2, 0.25) is 0 Å². The predicted octanol–water partition coefficient (Wildman–Crippen LogP) is 3.03. The molecule has 2 aromatic rings. The van der Waals surface area contributed by atoms with Gasteiger partial charge in [-0.3, -0.25) is 15.6 Å². The third-order valence-corrected chi connectivity index (χ3v) is 3.40. The summed E-state index contributed by atoms with van der Waals surface area (Å²) in [5.41, 5.74) is 7.53. The molecule has 1 aromatic carbocycles. The van der Waals surface area contributed by atoms with Gasteiger partial charge >= 0.3 is 0 Å². The van der Waals surface area contributed by atoms with Crippen LogP contribution in [0.3, 0.4) is 0 Å². The van der Waals surface area contributed by atoms with E-state index in [1.54, 1.807) is 30.5 Å². The number of hydrogen-bond acceptors (Lipinski definition) is 4. The maximum atomic E-state index is 12.1. The Morgan fingerprint density at radius 3 is 2.36 bits per heavy atom. The molecule has 0 radical (unpaired) electrons. The van der Waals surface area contributed by atoms with Crippen LogP contribution in [0.1, 0.15) is 30.0 Å². The second-order valence-electron chi connectivity index (χ2n) is 4.75. The quantitative estimate of drug-likeness (QED) is 0.772. The summed E-state index contributed by atoms with van der Waals surface area (Å²) in [6.45, 7) is 9.88. The van der Waals surface area contributed by atoms with Gasteiger partial charge in [0.1, 0.15) is 0 Å². The molecule has 0 saturated heterocycles. The van der Waals surface area contributed by atoms with Crippen molar-refractivity contribution in [1.29, 1.82) is 0 Å². The number of rotatable bonds is 7. The van der Waals surface area contributed by atoms with E-state index in [1.807, 2.05) is 12.1 Å². The molecule has 0 aliphatic heterocycles. The molecule has 0 spiro atoms. The third-order valence-electron chi connectivity index (χ3n) is 3.40. The van der Waals surface area contributed by atoms with E-state index >= 15 is 0 Å². The Kier molecular flexibility index (Phi) is 5.25. The molecule has 0 aliphatic rings.